The van der Waals surface area contributed by atoms with Gasteiger partial charge < -0.3 is 4.74 Å². The first-order valence-electron chi connectivity index (χ1n) is 7.66. The molecule has 0 saturated heterocycles. The normalized spacial score (nSPS) is 10.6. The number of hydrogen-bond donors (Lipinski definition) is 0. The fraction of sp³-hybridized carbons (Fsp3) is 0.368. The van der Waals surface area contributed by atoms with Gasteiger partial charge in [-0.3, -0.25) is 0 Å². The number of hydrogen-bond acceptors (Lipinski definition) is 1. The van der Waals surface area contributed by atoms with E-state index in [0.717, 1.165) is 12.2 Å². The Balaban J connectivity index is 2.06. The van der Waals surface area contributed by atoms with Crippen molar-refractivity contribution in [2.75, 3.05) is 0 Å². The van der Waals surface area contributed by atoms with Gasteiger partial charge in [0.15, 0.2) is 0 Å². The highest BCUT2D eigenvalue weighted by molar-refractivity contribution is 14.1. The zero-order valence-electron chi connectivity index (χ0n) is 12.9. The lowest BCUT2D eigenvalue weighted by Crippen LogP contribution is -1.99. The third kappa shape index (κ3) is 5.03. The molecule has 0 atom stereocenters. The summed E-state index contributed by atoms with van der Waals surface area (Å²) in [6, 6.07) is 14.9. The van der Waals surface area contributed by atoms with E-state index in [2.05, 4.69) is 72.8 Å². The minimum absolute atomic E-state index is 0.634. The van der Waals surface area contributed by atoms with Crippen LogP contribution in [0.3, 0.4) is 0 Å². The molecule has 0 saturated carbocycles. The Morgan fingerprint density at radius 2 is 1.76 bits per heavy atom. The van der Waals surface area contributed by atoms with E-state index < -0.39 is 0 Å². The molecule has 0 spiro atoms. The van der Waals surface area contributed by atoms with Crippen LogP contribution in [0.25, 0.3) is 0 Å². The maximum absolute atomic E-state index is 6.04. The summed E-state index contributed by atoms with van der Waals surface area (Å²) < 4.78 is 7.27. The van der Waals surface area contributed by atoms with Gasteiger partial charge in [-0.2, -0.15) is 0 Å². The second-order valence-electron chi connectivity index (χ2n) is 5.46. The molecule has 0 radical (unpaired) electrons. The smallest absolute Gasteiger partial charge is 0.133 e. The van der Waals surface area contributed by atoms with Crippen LogP contribution in [0.2, 0.25) is 0 Å². The zero-order chi connectivity index (χ0) is 15.1. The molecule has 0 aliphatic rings. The molecule has 2 heteroatoms. The van der Waals surface area contributed by atoms with E-state index in [1.807, 2.05) is 6.07 Å². The van der Waals surface area contributed by atoms with Gasteiger partial charge in [-0.25, -0.2) is 0 Å². The maximum Gasteiger partial charge on any atom is 0.133 e. The van der Waals surface area contributed by atoms with Gasteiger partial charge in [0, 0.05) is 0 Å². The van der Waals surface area contributed by atoms with Gasteiger partial charge in [0.2, 0.25) is 0 Å². The predicted molar refractivity (Wildman–Crippen MR) is 97.9 cm³/mol. The van der Waals surface area contributed by atoms with Crippen LogP contribution >= 0.6 is 22.6 Å². The molecule has 0 unspecified atom stereocenters. The summed E-state index contributed by atoms with van der Waals surface area (Å²) in [7, 11) is 0. The second kappa shape index (κ2) is 8.42. The summed E-state index contributed by atoms with van der Waals surface area (Å²) in [6.07, 6.45) is 4.97. The minimum atomic E-state index is 0.634. The summed E-state index contributed by atoms with van der Waals surface area (Å²) >= 11 is 2.38. The first kappa shape index (κ1) is 16.3. The zero-order valence-corrected chi connectivity index (χ0v) is 15.0. The Morgan fingerprint density at radius 1 is 1.00 bits per heavy atom. The molecule has 0 bridgehead atoms. The summed E-state index contributed by atoms with van der Waals surface area (Å²) in [5, 5.41) is 0. The summed E-state index contributed by atoms with van der Waals surface area (Å²) in [5.41, 5.74) is 3.92. The van der Waals surface area contributed by atoms with Gasteiger partial charge >= 0.3 is 0 Å². The van der Waals surface area contributed by atoms with Crippen LogP contribution in [0.1, 0.15) is 42.9 Å². The molecule has 0 aliphatic heterocycles. The first-order chi connectivity index (χ1) is 10.2. The molecule has 0 heterocycles. The van der Waals surface area contributed by atoms with E-state index in [0.29, 0.717) is 6.61 Å². The quantitative estimate of drug-likeness (QED) is 0.419. The van der Waals surface area contributed by atoms with E-state index >= 15 is 0 Å². The Hall–Kier alpha value is -1.03. The van der Waals surface area contributed by atoms with Crippen molar-refractivity contribution in [2.45, 2.75) is 46.1 Å². The number of aryl methyl sites for hydroxylation is 2. The molecule has 0 amide bonds. The minimum Gasteiger partial charge on any atom is -0.488 e. The molecule has 0 N–H and O–H groups in total. The number of unbranched alkanes of at least 4 members (excludes halogenated alkanes) is 2. The fourth-order valence-electron chi connectivity index (χ4n) is 2.37. The van der Waals surface area contributed by atoms with Crippen molar-refractivity contribution in [1.82, 2.24) is 0 Å². The predicted octanol–water partition coefficient (Wildman–Crippen LogP) is 5.91. The molecule has 2 rings (SSSR count). The molecule has 0 fully saturated rings. The van der Waals surface area contributed by atoms with Crippen molar-refractivity contribution in [2.24, 2.45) is 0 Å². The molecule has 2 aromatic rings. The number of halogens is 1. The van der Waals surface area contributed by atoms with Crippen molar-refractivity contribution in [3.63, 3.8) is 0 Å². The largest absolute Gasteiger partial charge is 0.488 e. The van der Waals surface area contributed by atoms with Crippen molar-refractivity contribution < 1.29 is 4.74 Å². The molecule has 1 nitrogen and oxygen atoms in total. The van der Waals surface area contributed by atoms with Crippen LogP contribution in [0.5, 0.6) is 5.75 Å². The van der Waals surface area contributed by atoms with E-state index in [1.54, 1.807) is 0 Å². The third-order valence-corrected chi connectivity index (χ3v) is 4.97. The van der Waals surface area contributed by atoms with Gasteiger partial charge in [0.25, 0.3) is 0 Å². The molecule has 21 heavy (non-hydrogen) atoms. The summed E-state index contributed by atoms with van der Waals surface area (Å²) in [4.78, 5) is 0. The molecule has 0 aliphatic carbocycles. The van der Waals surface area contributed by atoms with E-state index in [1.165, 1.54) is 39.5 Å². The van der Waals surface area contributed by atoms with Gasteiger partial charge in [0.05, 0.1) is 3.57 Å². The van der Waals surface area contributed by atoms with Gasteiger partial charge in [-0.1, -0.05) is 56.2 Å². The van der Waals surface area contributed by atoms with Crippen LogP contribution in [-0.2, 0) is 13.0 Å². The first-order valence-corrected chi connectivity index (χ1v) is 8.74. The molecule has 112 valence electrons. The second-order valence-corrected chi connectivity index (χ2v) is 6.53. The standard InChI is InChI=1S/C19H23IO/c1-3-4-6-11-17-12-15(2)19(20)18(13-17)21-14-16-9-7-5-8-10-16/h5,7-10,12-13H,3-4,6,11,14H2,1-2H3. The van der Waals surface area contributed by atoms with Crippen LogP contribution in [0.4, 0.5) is 0 Å². The number of rotatable bonds is 7. The average Bonchev–Trinajstić information content (AvgIpc) is 2.50. The van der Waals surface area contributed by atoms with E-state index in [-0.39, 0.29) is 0 Å². The third-order valence-electron chi connectivity index (χ3n) is 3.59. The van der Waals surface area contributed by atoms with E-state index in [4.69, 9.17) is 4.74 Å². The fourth-order valence-corrected chi connectivity index (χ4v) is 2.84. The Kier molecular flexibility index (Phi) is 6.55. The molecular formula is C19H23IO. The van der Waals surface area contributed by atoms with Crippen molar-refractivity contribution >= 4 is 22.6 Å². The lowest BCUT2D eigenvalue weighted by molar-refractivity contribution is 0.303. The average molecular weight is 394 g/mol. The summed E-state index contributed by atoms with van der Waals surface area (Å²) in [6.45, 7) is 5.04. The molecular weight excluding hydrogens is 371 g/mol. The van der Waals surface area contributed by atoms with Crippen molar-refractivity contribution in [3.05, 3.63) is 62.7 Å². The summed E-state index contributed by atoms with van der Waals surface area (Å²) in [5.74, 6) is 1.02. The lowest BCUT2D eigenvalue weighted by Gasteiger charge is -2.13. The lowest BCUT2D eigenvalue weighted by atomic mass is 10.0. The molecule has 2 aromatic carbocycles. The Labute approximate surface area is 141 Å². The Bertz CT molecular complexity index is 563. The van der Waals surface area contributed by atoms with Crippen LogP contribution < -0.4 is 4.74 Å². The Morgan fingerprint density at radius 3 is 2.48 bits per heavy atom. The highest BCUT2D eigenvalue weighted by Gasteiger charge is 2.07. The molecule has 0 aromatic heterocycles. The highest BCUT2D eigenvalue weighted by Crippen LogP contribution is 2.28. The monoisotopic (exact) mass is 394 g/mol. The number of benzene rings is 2. The van der Waals surface area contributed by atoms with Crippen molar-refractivity contribution in [1.29, 1.82) is 0 Å². The van der Waals surface area contributed by atoms with Gasteiger partial charge in [-0.15, -0.1) is 0 Å². The maximum atomic E-state index is 6.04. The van der Waals surface area contributed by atoms with Crippen molar-refractivity contribution in [3.8, 4) is 5.75 Å². The van der Waals surface area contributed by atoms with Crippen LogP contribution in [0.15, 0.2) is 42.5 Å². The SMILES string of the molecule is CCCCCc1cc(C)c(I)c(OCc2ccccc2)c1. The van der Waals surface area contributed by atoms with Gasteiger partial charge in [0.1, 0.15) is 12.4 Å². The number of ether oxygens (including phenoxy) is 1. The highest BCUT2D eigenvalue weighted by atomic mass is 127. The van der Waals surface area contributed by atoms with E-state index in [9.17, 15) is 0 Å². The van der Waals surface area contributed by atoms with Gasteiger partial charge in [-0.05, 0) is 65.1 Å². The topological polar surface area (TPSA) is 9.23 Å². The van der Waals surface area contributed by atoms with Crippen LogP contribution in [0, 0.1) is 10.5 Å². The van der Waals surface area contributed by atoms with Crippen LogP contribution in [-0.4, -0.2) is 0 Å².